The fourth-order valence-electron chi connectivity index (χ4n) is 5.44. The van der Waals surface area contributed by atoms with E-state index in [1.807, 2.05) is 66.7 Å². The molecule has 6 rings (SSSR count). The Hall–Kier alpha value is -4.64. The molecule has 0 N–H and O–H groups in total. The lowest BCUT2D eigenvalue weighted by molar-refractivity contribution is -0.138. The van der Waals surface area contributed by atoms with E-state index >= 15 is 0 Å². The largest absolute Gasteiger partial charge is 0.497 e. The summed E-state index contributed by atoms with van der Waals surface area (Å²) in [6.45, 7) is 2.20. The summed E-state index contributed by atoms with van der Waals surface area (Å²) >= 11 is 11.0. The third kappa shape index (κ3) is 6.82. The van der Waals surface area contributed by atoms with Gasteiger partial charge in [0.25, 0.3) is 5.56 Å². The van der Waals surface area contributed by atoms with Gasteiger partial charge in [0.2, 0.25) is 0 Å². The van der Waals surface area contributed by atoms with Gasteiger partial charge < -0.3 is 18.9 Å². The van der Waals surface area contributed by atoms with Gasteiger partial charge >= 0.3 is 5.97 Å². The van der Waals surface area contributed by atoms with Crippen LogP contribution in [0.4, 0.5) is 0 Å². The SMILES string of the molecule is CCOC(=O)C1=C(c2ccccc2)N=c2s/c(=C\c3cc(Br)c(OCc4cccc(Cl)c4)c(OC)c3)c(=O)n2[C@@H]1c1ccc(OC)cc1. The normalized spacial score (nSPS) is 14.3. The Morgan fingerprint density at radius 3 is 2.46 bits per heavy atom. The van der Waals surface area contributed by atoms with Crippen molar-refractivity contribution in [1.82, 2.24) is 4.57 Å². The molecule has 5 aromatic rings. The summed E-state index contributed by atoms with van der Waals surface area (Å²) in [5.74, 6) is 1.10. The van der Waals surface area contributed by atoms with E-state index in [0.717, 1.165) is 11.1 Å². The van der Waals surface area contributed by atoms with Crippen LogP contribution in [0.5, 0.6) is 17.2 Å². The molecule has 8 nitrogen and oxygen atoms in total. The minimum Gasteiger partial charge on any atom is -0.497 e. The van der Waals surface area contributed by atoms with E-state index in [0.29, 0.717) is 52.9 Å². The molecule has 0 unspecified atom stereocenters. The molecule has 0 aliphatic carbocycles. The average molecular weight is 746 g/mol. The van der Waals surface area contributed by atoms with E-state index in [2.05, 4.69) is 15.9 Å². The summed E-state index contributed by atoms with van der Waals surface area (Å²) in [5, 5.41) is 0.624. The van der Waals surface area contributed by atoms with Gasteiger partial charge in [0.15, 0.2) is 16.3 Å². The second kappa shape index (κ2) is 14.6. The van der Waals surface area contributed by atoms with Crippen molar-refractivity contribution in [3.05, 3.63) is 148 Å². The van der Waals surface area contributed by atoms with Gasteiger partial charge in [-0.2, -0.15) is 0 Å². The maximum absolute atomic E-state index is 14.3. The molecular weight excluding hydrogens is 716 g/mol. The number of rotatable bonds is 10. The van der Waals surface area contributed by atoms with Crippen LogP contribution >= 0.6 is 38.9 Å². The monoisotopic (exact) mass is 744 g/mol. The summed E-state index contributed by atoms with van der Waals surface area (Å²) in [7, 11) is 3.14. The van der Waals surface area contributed by atoms with Gasteiger partial charge in [-0.15, -0.1) is 0 Å². The molecule has 11 heteroatoms. The number of carbonyl (C=O) groups excluding carboxylic acids is 1. The first-order chi connectivity index (χ1) is 23.3. The fourth-order valence-corrected chi connectivity index (χ4v) is 7.23. The smallest absolute Gasteiger partial charge is 0.338 e. The van der Waals surface area contributed by atoms with Crippen LogP contribution in [0, 0.1) is 0 Å². The number of halogens is 2. The Kier molecular flexibility index (Phi) is 10.1. The van der Waals surface area contributed by atoms with Crippen LogP contribution in [0.3, 0.4) is 0 Å². The van der Waals surface area contributed by atoms with Crippen molar-refractivity contribution in [1.29, 1.82) is 0 Å². The first kappa shape index (κ1) is 33.3. The summed E-state index contributed by atoms with van der Waals surface area (Å²) in [5.41, 5.74) is 3.48. The highest BCUT2D eigenvalue weighted by atomic mass is 79.9. The molecule has 0 amide bonds. The van der Waals surface area contributed by atoms with Crippen LogP contribution in [-0.2, 0) is 16.1 Å². The molecule has 0 spiro atoms. The quantitative estimate of drug-likeness (QED) is 0.144. The van der Waals surface area contributed by atoms with Gasteiger partial charge in [0.05, 0.1) is 47.1 Å². The van der Waals surface area contributed by atoms with Crippen molar-refractivity contribution in [3.8, 4) is 17.2 Å². The molecule has 1 aromatic heterocycles. The minimum atomic E-state index is -0.799. The summed E-state index contributed by atoms with van der Waals surface area (Å²) in [6, 6.07) is 27.0. The summed E-state index contributed by atoms with van der Waals surface area (Å²) in [6.07, 6.45) is 1.78. The van der Waals surface area contributed by atoms with Crippen LogP contribution < -0.4 is 29.1 Å². The summed E-state index contributed by atoms with van der Waals surface area (Å²) < 4.78 is 25.3. The highest BCUT2D eigenvalue weighted by Crippen LogP contribution is 2.38. The molecule has 2 heterocycles. The Morgan fingerprint density at radius 2 is 1.77 bits per heavy atom. The molecule has 0 bridgehead atoms. The molecule has 0 saturated heterocycles. The highest BCUT2D eigenvalue weighted by molar-refractivity contribution is 9.10. The number of fused-ring (bicyclic) bond motifs is 1. The zero-order valence-electron chi connectivity index (χ0n) is 26.2. The second-order valence-corrected chi connectivity index (χ2v) is 13.0. The van der Waals surface area contributed by atoms with Crippen molar-refractivity contribution in [2.75, 3.05) is 20.8 Å². The van der Waals surface area contributed by atoms with Gasteiger partial charge in [0.1, 0.15) is 12.4 Å². The predicted octanol–water partition coefficient (Wildman–Crippen LogP) is 6.95. The standard InChI is InChI=1S/C37H30BrClN2O6S/c1-4-46-36(43)31-32(24-10-6-5-7-11-24)40-37-41(33(31)25-13-15-27(44-2)16-14-25)35(42)30(48-37)20-23-18-28(38)34(29(19-23)45-3)47-21-22-9-8-12-26(39)17-22/h5-20,33H,4,21H2,1-3H3/b30-20-/t33-/m1/s1. The van der Waals surface area contributed by atoms with E-state index in [1.165, 1.54) is 11.3 Å². The van der Waals surface area contributed by atoms with E-state index in [-0.39, 0.29) is 24.3 Å². The van der Waals surface area contributed by atoms with E-state index in [1.54, 1.807) is 56.1 Å². The van der Waals surface area contributed by atoms with Crippen molar-refractivity contribution >= 4 is 56.6 Å². The number of carbonyl (C=O) groups is 1. The predicted molar refractivity (Wildman–Crippen MR) is 191 cm³/mol. The molecule has 1 aliphatic heterocycles. The molecule has 0 saturated carbocycles. The molecule has 48 heavy (non-hydrogen) atoms. The first-order valence-corrected chi connectivity index (χ1v) is 17.0. The van der Waals surface area contributed by atoms with Gasteiger partial charge in [-0.3, -0.25) is 9.36 Å². The average Bonchev–Trinajstić information content (AvgIpc) is 3.41. The van der Waals surface area contributed by atoms with Crippen LogP contribution in [0.15, 0.2) is 111 Å². The molecule has 244 valence electrons. The topological polar surface area (TPSA) is 88.4 Å². The van der Waals surface area contributed by atoms with E-state index in [9.17, 15) is 9.59 Å². The third-order valence-corrected chi connectivity index (χ3v) is 9.43. The maximum Gasteiger partial charge on any atom is 0.338 e. The summed E-state index contributed by atoms with van der Waals surface area (Å²) in [4.78, 5) is 33.3. The Labute approximate surface area is 294 Å². The van der Waals surface area contributed by atoms with Crippen LogP contribution in [0.2, 0.25) is 5.02 Å². The van der Waals surface area contributed by atoms with Crippen LogP contribution in [0.1, 0.15) is 35.2 Å². The molecular formula is C37H30BrClN2O6S. The Bertz CT molecular complexity index is 2200. The lowest BCUT2D eigenvalue weighted by Gasteiger charge is -2.26. The van der Waals surface area contributed by atoms with Crippen LogP contribution in [-0.4, -0.2) is 31.4 Å². The number of benzene rings is 4. The van der Waals surface area contributed by atoms with Gasteiger partial charge in [-0.05, 0) is 82.0 Å². The number of aromatic nitrogens is 1. The van der Waals surface area contributed by atoms with Gasteiger partial charge in [0, 0.05) is 10.6 Å². The number of methoxy groups -OCH3 is 2. The number of nitrogens with zero attached hydrogens (tertiary/aromatic N) is 2. The Balaban J connectivity index is 1.49. The molecule has 0 fully saturated rings. The first-order valence-electron chi connectivity index (χ1n) is 15.0. The number of hydrogen-bond donors (Lipinski definition) is 0. The molecule has 1 aliphatic rings. The number of ether oxygens (including phenoxy) is 4. The van der Waals surface area contributed by atoms with Crippen LogP contribution in [0.25, 0.3) is 11.8 Å². The van der Waals surface area contributed by atoms with Crippen molar-refractivity contribution < 1.29 is 23.7 Å². The number of thiazole rings is 1. The molecule has 1 atom stereocenters. The highest BCUT2D eigenvalue weighted by Gasteiger charge is 2.35. The number of esters is 1. The van der Waals surface area contributed by atoms with E-state index in [4.69, 9.17) is 35.5 Å². The minimum absolute atomic E-state index is 0.166. The fraction of sp³-hybridized carbons (Fsp3) is 0.162. The van der Waals surface area contributed by atoms with Crippen molar-refractivity contribution in [3.63, 3.8) is 0 Å². The Morgan fingerprint density at radius 1 is 1.00 bits per heavy atom. The van der Waals surface area contributed by atoms with Gasteiger partial charge in [-0.25, -0.2) is 9.79 Å². The third-order valence-electron chi connectivity index (χ3n) is 7.63. The zero-order valence-corrected chi connectivity index (χ0v) is 29.4. The molecule has 0 radical (unpaired) electrons. The van der Waals surface area contributed by atoms with Crippen molar-refractivity contribution in [2.45, 2.75) is 19.6 Å². The second-order valence-electron chi connectivity index (χ2n) is 10.7. The van der Waals surface area contributed by atoms with E-state index < -0.39 is 12.0 Å². The maximum atomic E-state index is 14.3. The number of hydrogen-bond acceptors (Lipinski definition) is 8. The molecule has 4 aromatic carbocycles. The zero-order chi connectivity index (χ0) is 33.8. The van der Waals surface area contributed by atoms with Crippen molar-refractivity contribution in [2.24, 2.45) is 4.99 Å². The lowest BCUT2D eigenvalue weighted by Crippen LogP contribution is -2.40. The lowest BCUT2D eigenvalue weighted by atomic mass is 9.93. The van der Waals surface area contributed by atoms with Gasteiger partial charge in [-0.1, -0.05) is 77.5 Å².